The largest absolute Gasteiger partial charge is 0.347 e. The summed E-state index contributed by atoms with van der Waals surface area (Å²) < 4.78 is 0. The molecule has 38 heavy (non-hydrogen) atoms. The maximum Gasteiger partial charge on any atom is 0.247 e. The molecule has 0 fully saturated rings. The highest BCUT2D eigenvalue weighted by Gasteiger charge is 2.38. The molecule has 5 N–H and O–H groups in total. The van der Waals surface area contributed by atoms with Gasteiger partial charge in [0.05, 0.1) is 19.5 Å². The highest BCUT2D eigenvalue weighted by atomic mass is 16.2. The van der Waals surface area contributed by atoms with Gasteiger partial charge < -0.3 is 16.0 Å². The zero-order chi connectivity index (χ0) is 27.1. The molecule has 3 atom stereocenters. The predicted octanol–water partition coefficient (Wildman–Crippen LogP) is -1.82. The standard InChI is InChI=1S/C22H28N12O4/c1-3-12(2)20(25-18(35)9-16-26-30-31-27-16)22(38)24-11-19(36)34-14-7-5-4-6-13(14)8-15(34)21(37)23-10-17-28-32-33-29-17/h4-7,12,15,20H,3,8-11H2,1-2H3,(H,23,37)(H,24,38)(H,25,35)(H,26,27,30,31)(H,28,29,32,33)/t12?,15-,20?/m0/s1. The molecule has 0 saturated carbocycles. The Hall–Kier alpha value is -4.76. The number of carbonyl (C=O) groups is 4. The van der Waals surface area contributed by atoms with Crippen molar-refractivity contribution in [3.63, 3.8) is 0 Å². The Morgan fingerprint density at radius 2 is 1.76 bits per heavy atom. The van der Waals surface area contributed by atoms with Crippen LogP contribution >= 0.6 is 0 Å². The van der Waals surface area contributed by atoms with Crippen LogP contribution in [0.25, 0.3) is 0 Å². The number of nitrogens with one attached hydrogen (secondary N) is 5. The van der Waals surface area contributed by atoms with Gasteiger partial charge in [0.1, 0.15) is 12.1 Å². The normalized spacial score (nSPS) is 15.8. The van der Waals surface area contributed by atoms with Gasteiger partial charge in [0, 0.05) is 12.1 Å². The second kappa shape index (κ2) is 12.0. The Bertz CT molecular complexity index is 1260. The molecule has 1 aliphatic heterocycles. The summed E-state index contributed by atoms with van der Waals surface area (Å²) in [7, 11) is 0. The fourth-order valence-corrected chi connectivity index (χ4v) is 4.13. The minimum absolute atomic E-state index is 0.0427. The Balaban J connectivity index is 1.41. The van der Waals surface area contributed by atoms with Crippen molar-refractivity contribution < 1.29 is 19.2 Å². The quantitative estimate of drug-likeness (QED) is 0.189. The first-order valence-electron chi connectivity index (χ1n) is 12.1. The van der Waals surface area contributed by atoms with Crippen molar-refractivity contribution in [1.82, 2.24) is 57.2 Å². The van der Waals surface area contributed by atoms with Gasteiger partial charge in [-0.25, -0.2) is 0 Å². The zero-order valence-corrected chi connectivity index (χ0v) is 20.8. The lowest BCUT2D eigenvalue weighted by Gasteiger charge is -2.26. The average Bonchev–Trinajstić information content (AvgIpc) is 3.69. The van der Waals surface area contributed by atoms with Crippen LogP contribution in [-0.2, 0) is 38.6 Å². The number of amides is 4. The van der Waals surface area contributed by atoms with Gasteiger partial charge in [-0.2, -0.15) is 10.4 Å². The summed E-state index contributed by atoms with van der Waals surface area (Å²) in [6.45, 7) is 3.39. The van der Waals surface area contributed by atoms with E-state index in [1.807, 2.05) is 26.0 Å². The van der Waals surface area contributed by atoms with Crippen LogP contribution in [0.5, 0.6) is 0 Å². The number of hydrogen-bond donors (Lipinski definition) is 5. The molecule has 0 bridgehead atoms. The van der Waals surface area contributed by atoms with Gasteiger partial charge in [-0.3, -0.25) is 24.1 Å². The van der Waals surface area contributed by atoms with E-state index < -0.39 is 35.7 Å². The van der Waals surface area contributed by atoms with Crippen LogP contribution in [0, 0.1) is 5.92 Å². The maximum atomic E-state index is 13.3. The third-order valence-corrected chi connectivity index (χ3v) is 6.29. The Kier molecular flexibility index (Phi) is 8.30. The summed E-state index contributed by atoms with van der Waals surface area (Å²) >= 11 is 0. The summed E-state index contributed by atoms with van der Waals surface area (Å²) in [4.78, 5) is 53.2. The van der Waals surface area contributed by atoms with Crippen LogP contribution in [0.15, 0.2) is 24.3 Å². The predicted molar refractivity (Wildman–Crippen MR) is 130 cm³/mol. The van der Waals surface area contributed by atoms with Crippen molar-refractivity contribution in [2.75, 3.05) is 11.4 Å². The molecule has 16 heteroatoms. The maximum absolute atomic E-state index is 13.3. The monoisotopic (exact) mass is 524 g/mol. The van der Waals surface area contributed by atoms with Crippen LogP contribution in [0.3, 0.4) is 0 Å². The van der Waals surface area contributed by atoms with Crippen molar-refractivity contribution in [3.05, 3.63) is 41.5 Å². The number of aromatic amines is 2. The van der Waals surface area contributed by atoms with E-state index in [1.54, 1.807) is 12.1 Å². The number of rotatable bonds is 11. The van der Waals surface area contributed by atoms with Crippen molar-refractivity contribution in [1.29, 1.82) is 0 Å². The Morgan fingerprint density at radius 3 is 2.45 bits per heavy atom. The van der Waals surface area contributed by atoms with Gasteiger partial charge in [-0.15, -0.1) is 20.4 Å². The fourth-order valence-electron chi connectivity index (χ4n) is 4.13. The van der Waals surface area contributed by atoms with Crippen LogP contribution in [-0.4, -0.2) is 83.5 Å². The summed E-state index contributed by atoms with van der Waals surface area (Å²) in [5.41, 5.74) is 1.43. The zero-order valence-electron chi connectivity index (χ0n) is 20.8. The van der Waals surface area contributed by atoms with E-state index in [0.29, 0.717) is 24.4 Å². The molecule has 2 aromatic heterocycles. The van der Waals surface area contributed by atoms with Crippen molar-refractivity contribution in [3.8, 4) is 0 Å². The lowest BCUT2D eigenvalue weighted by Crippen LogP contribution is -2.54. The number of aromatic nitrogens is 8. The third-order valence-electron chi connectivity index (χ3n) is 6.29. The van der Waals surface area contributed by atoms with Crippen molar-refractivity contribution in [2.24, 2.45) is 5.92 Å². The minimum atomic E-state index is -0.882. The molecular weight excluding hydrogens is 496 g/mol. The van der Waals surface area contributed by atoms with Crippen LogP contribution in [0.1, 0.15) is 37.5 Å². The highest BCUT2D eigenvalue weighted by molar-refractivity contribution is 6.05. The van der Waals surface area contributed by atoms with E-state index in [-0.39, 0.29) is 31.3 Å². The van der Waals surface area contributed by atoms with Gasteiger partial charge in [-0.1, -0.05) is 48.9 Å². The Morgan fingerprint density at radius 1 is 1.05 bits per heavy atom. The van der Waals surface area contributed by atoms with Gasteiger partial charge in [-0.05, 0) is 17.5 Å². The van der Waals surface area contributed by atoms with Gasteiger partial charge in [0.15, 0.2) is 11.6 Å². The average molecular weight is 525 g/mol. The van der Waals surface area contributed by atoms with Gasteiger partial charge in [0.25, 0.3) is 0 Å². The first-order chi connectivity index (χ1) is 18.4. The Labute approximate surface area is 216 Å². The first kappa shape index (κ1) is 26.3. The molecule has 0 saturated heterocycles. The minimum Gasteiger partial charge on any atom is -0.347 e. The molecule has 4 amide bonds. The molecule has 200 valence electrons. The van der Waals surface area contributed by atoms with E-state index in [9.17, 15) is 19.2 Å². The number of para-hydroxylation sites is 1. The van der Waals surface area contributed by atoms with Gasteiger partial charge in [0.2, 0.25) is 23.6 Å². The number of tetrazole rings is 2. The molecule has 0 spiro atoms. The first-order valence-corrected chi connectivity index (χ1v) is 12.1. The molecule has 2 unspecified atom stereocenters. The van der Waals surface area contributed by atoms with E-state index in [1.165, 1.54) is 4.90 Å². The number of carbonyl (C=O) groups excluding carboxylic acids is 4. The van der Waals surface area contributed by atoms with Crippen LogP contribution < -0.4 is 20.9 Å². The number of anilines is 1. The van der Waals surface area contributed by atoms with Gasteiger partial charge >= 0.3 is 0 Å². The number of H-pyrrole nitrogens is 2. The number of nitrogens with zero attached hydrogens (tertiary/aromatic N) is 7. The summed E-state index contributed by atoms with van der Waals surface area (Å²) in [5, 5.41) is 34.6. The molecule has 0 aliphatic carbocycles. The summed E-state index contributed by atoms with van der Waals surface area (Å²) in [6.07, 6.45) is 0.771. The molecule has 1 aliphatic rings. The topological polar surface area (TPSA) is 217 Å². The van der Waals surface area contributed by atoms with Crippen molar-refractivity contribution in [2.45, 2.75) is 51.7 Å². The number of fused-ring (bicyclic) bond motifs is 1. The lowest BCUT2D eigenvalue weighted by molar-refractivity contribution is -0.131. The fraction of sp³-hybridized carbons (Fsp3) is 0.455. The third kappa shape index (κ3) is 6.13. The molecule has 4 rings (SSSR count). The number of benzene rings is 1. The number of hydrogen-bond acceptors (Lipinski definition) is 10. The van der Waals surface area contributed by atoms with E-state index >= 15 is 0 Å². The summed E-state index contributed by atoms with van der Waals surface area (Å²) in [6, 6.07) is 5.50. The molecule has 3 aromatic rings. The molecular formula is C22H28N12O4. The molecule has 1 aromatic carbocycles. The SMILES string of the molecule is CCC(C)C(NC(=O)Cc1nn[nH]n1)C(=O)NCC(=O)N1c2ccccc2C[C@H]1C(=O)NCc1nn[nH]n1. The van der Waals surface area contributed by atoms with E-state index in [4.69, 9.17) is 0 Å². The molecule has 16 nitrogen and oxygen atoms in total. The van der Waals surface area contributed by atoms with Crippen molar-refractivity contribution >= 4 is 29.3 Å². The van der Waals surface area contributed by atoms with Crippen LogP contribution in [0.4, 0.5) is 5.69 Å². The smallest absolute Gasteiger partial charge is 0.247 e. The lowest BCUT2D eigenvalue weighted by atomic mass is 9.98. The summed E-state index contributed by atoms with van der Waals surface area (Å²) in [5.74, 6) is -1.55. The van der Waals surface area contributed by atoms with E-state index in [2.05, 4.69) is 57.2 Å². The highest BCUT2D eigenvalue weighted by Crippen LogP contribution is 2.32. The molecule has 3 heterocycles. The molecule has 0 radical (unpaired) electrons. The van der Waals surface area contributed by atoms with E-state index in [0.717, 1.165) is 5.56 Å². The second-order valence-electron chi connectivity index (χ2n) is 8.81. The van der Waals surface area contributed by atoms with Crippen LogP contribution in [0.2, 0.25) is 0 Å². The second-order valence-corrected chi connectivity index (χ2v) is 8.81.